The lowest BCUT2D eigenvalue weighted by Gasteiger charge is -2.38. The Balaban J connectivity index is 2.05. The number of hydrogen-bond donors (Lipinski definition) is 1. The van der Waals surface area contributed by atoms with E-state index in [1.165, 1.54) is 4.31 Å². The molecule has 120 valence electrons. The molecule has 6 heteroatoms. The molecule has 5 nitrogen and oxygen atoms in total. The van der Waals surface area contributed by atoms with Crippen molar-refractivity contribution in [3.63, 3.8) is 0 Å². The van der Waals surface area contributed by atoms with E-state index in [4.69, 9.17) is 4.74 Å². The Hall–Kier alpha value is -1.37. The Morgan fingerprint density at radius 1 is 1.32 bits per heavy atom. The Labute approximate surface area is 131 Å². The molecule has 2 aliphatic heterocycles. The minimum atomic E-state index is -3.71. The average Bonchev–Trinajstić information content (AvgIpc) is 3.18. The molecule has 0 spiro atoms. The smallest absolute Gasteiger partial charge is 0.264 e. The monoisotopic (exact) mass is 323 g/mol. The highest BCUT2D eigenvalue weighted by Crippen LogP contribution is 2.51. The fourth-order valence-electron chi connectivity index (χ4n) is 3.05. The van der Waals surface area contributed by atoms with Crippen molar-refractivity contribution in [3.8, 4) is 0 Å². The predicted octanol–water partition coefficient (Wildman–Crippen LogP) is 1.67. The molecule has 1 aromatic rings. The topological polar surface area (TPSA) is 70.1 Å². The van der Waals surface area contributed by atoms with Gasteiger partial charge in [0.05, 0.1) is 23.2 Å². The van der Waals surface area contributed by atoms with Crippen LogP contribution in [0.25, 0.3) is 0 Å². The molecule has 0 bridgehead atoms. The maximum absolute atomic E-state index is 13.0. The van der Waals surface area contributed by atoms with Crippen molar-refractivity contribution in [2.45, 2.75) is 43.9 Å². The largest absolute Gasteiger partial charge is 0.396 e. The number of epoxide rings is 1. The number of sulfonamides is 1. The van der Waals surface area contributed by atoms with Gasteiger partial charge in [-0.3, -0.25) is 4.31 Å². The molecule has 0 amide bonds. The Morgan fingerprint density at radius 2 is 1.91 bits per heavy atom. The summed E-state index contributed by atoms with van der Waals surface area (Å²) in [5.41, 5.74) is 0.839. The van der Waals surface area contributed by atoms with E-state index < -0.39 is 21.5 Å². The van der Waals surface area contributed by atoms with Gasteiger partial charge in [-0.15, -0.1) is 0 Å². The van der Waals surface area contributed by atoms with Crippen molar-refractivity contribution in [1.82, 2.24) is 4.31 Å². The van der Waals surface area contributed by atoms with Crippen LogP contribution < -0.4 is 0 Å². The van der Waals surface area contributed by atoms with Crippen LogP contribution in [0, 0.1) is 12.3 Å². The molecule has 0 unspecified atom stereocenters. The van der Waals surface area contributed by atoms with Gasteiger partial charge in [-0.1, -0.05) is 38.1 Å². The third-order valence-electron chi connectivity index (χ3n) is 4.49. The van der Waals surface area contributed by atoms with Gasteiger partial charge in [-0.25, -0.2) is 8.42 Å². The highest BCUT2D eigenvalue weighted by atomic mass is 32.2. The van der Waals surface area contributed by atoms with Crippen molar-refractivity contribution >= 4 is 10.0 Å². The number of morpholine rings is 1. The lowest BCUT2D eigenvalue weighted by atomic mass is 9.84. The molecule has 1 aromatic carbocycles. The number of aryl methyl sites for hydroxylation is 1. The standard InChI is InChI=1S/C16H21NO4S/c1-10-5-7-12(8-6-10)22(19,20)17-11(2)13-14(21-13)15(17)16(3,4)9-18/h5-8,13-15,18H,2,9H2,1,3-4H3/t13-,14-,15-/m0/s1. The Kier molecular flexibility index (Phi) is 3.39. The maximum Gasteiger partial charge on any atom is 0.264 e. The summed E-state index contributed by atoms with van der Waals surface area (Å²) in [6.45, 7) is 9.37. The number of rotatable bonds is 4. The highest BCUT2D eigenvalue weighted by molar-refractivity contribution is 7.89. The summed E-state index contributed by atoms with van der Waals surface area (Å²) in [4.78, 5) is 0.235. The minimum Gasteiger partial charge on any atom is -0.396 e. The molecule has 2 heterocycles. The van der Waals surface area contributed by atoms with E-state index in [1.807, 2.05) is 20.8 Å². The summed E-state index contributed by atoms with van der Waals surface area (Å²) < 4.78 is 32.9. The van der Waals surface area contributed by atoms with Gasteiger partial charge in [0.1, 0.15) is 12.2 Å². The third kappa shape index (κ3) is 2.17. The number of fused-ring (bicyclic) bond motifs is 1. The zero-order valence-corrected chi connectivity index (χ0v) is 13.8. The van der Waals surface area contributed by atoms with E-state index >= 15 is 0 Å². The Morgan fingerprint density at radius 3 is 2.45 bits per heavy atom. The minimum absolute atomic E-state index is 0.128. The first-order valence-electron chi connectivity index (χ1n) is 7.26. The normalized spacial score (nSPS) is 27.9. The molecular formula is C16H21NO4S. The summed E-state index contributed by atoms with van der Waals surface area (Å²) >= 11 is 0. The molecule has 3 atom stereocenters. The summed E-state index contributed by atoms with van der Waals surface area (Å²) in [6.07, 6.45) is -0.467. The first-order valence-corrected chi connectivity index (χ1v) is 8.70. The number of aliphatic hydroxyl groups excluding tert-OH is 1. The van der Waals surface area contributed by atoms with Crippen LogP contribution in [0.1, 0.15) is 19.4 Å². The second-order valence-corrected chi connectivity index (χ2v) is 8.53. The predicted molar refractivity (Wildman–Crippen MR) is 82.7 cm³/mol. The zero-order chi connectivity index (χ0) is 16.3. The van der Waals surface area contributed by atoms with E-state index in [1.54, 1.807) is 24.3 Å². The van der Waals surface area contributed by atoms with Crippen LogP contribution in [0.15, 0.2) is 41.4 Å². The number of ether oxygens (including phenoxy) is 1. The number of hydrogen-bond acceptors (Lipinski definition) is 4. The second kappa shape index (κ2) is 4.81. The van der Waals surface area contributed by atoms with Gasteiger partial charge in [-0.05, 0) is 19.1 Å². The summed E-state index contributed by atoms with van der Waals surface area (Å²) in [5.74, 6) is 0. The summed E-state index contributed by atoms with van der Waals surface area (Å²) in [7, 11) is -3.71. The molecule has 0 aromatic heterocycles. The number of nitrogens with zero attached hydrogens (tertiary/aromatic N) is 1. The quantitative estimate of drug-likeness (QED) is 0.856. The van der Waals surface area contributed by atoms with E-state index in [-0.39, 0.29) is 23.7 Å². The van der Waals surface area contributed by atoms with Crippen molar-refractivity contribution < 1.29 is 18.3 Å². The summed E-state index contributed by atoms with van der Waals surface area (Å²) in [5, 5.41) is 9.66. The lowest BCUT2D eigenvalue weighted by Crippen LogP contribution is -2.49. The van der Waals surface area contributed by atoms with Gasteiger partial charge in [0.15, 0.2) is 0 Å². The van der Waals surface area contributed by atoms with Crippen LogP contribution in [0.2, 0.25) is 0 Å². The summed E-state index contributed by atoms with van der Waals surface area (Å²) in [6, 6.07) is 6.31. The molecule has 22 heavy (non-hydrogen) atoms. The molecular weight excluding hydrogens is 302 g/mol. The molecule has 2 aliphatic rings. The van der Waals surface area contributed by atoms with E-state index in [0.29, 0.717) is 5.70 Å². The van der Waals surface area contributed by atoms with Crippen molar-refractivity contribution in [2.24, 2.45) is 5.41 Å². The van der Waals surface area contributed by atoms with Crippen LogP contribution >= 0.6 is 0 Å². The van der Waals surface area contributed by atoms with E-state index in [0.717, 1.165) is 5.56 Å². The van der Waals surface area contributed by atoms with Crippen molar-refractivity contribution in [1.29, 1.82) is 0 Å². The first kappa shape index (κ1) is 15.5. The van der Waals surface area contributed by atoms with Crippen LogP contribution in [0.3, 0.4) is 0 Å². The average molecular weight is 323 g/mol. The maximum atomic E-state index is 13.0. The van der Waals surface area contributed by atoms with Gasteiger partial charge in [0.25, 0.3) is 10.0 Å². The fraction of sp³-hybridized carbons (Fsp3) is 0.500. The van der Waals surface area contributed by atoms with Crippen LogP contribution in [-0.4, -0.2) is 42.7 Å². The number of benzene rings is 1. The van der Waals surface area contributed by atoms with Gasteiger partial charge >= 0.3 is 0 Å². The highest BCUT2D eigenvalue weighted by Gasteiger charge is 2.64. The van der Waals surface area contributed by atoms with Crippen LogP contribution in [-0.2, 0) is 14.8 Å². The van der Waals surface area contributed by atoms with Crippen molar-refractivity contribution in [3.05, 3.63) is 42.1 Å². The van der Waals surface area contributed by atoms with Crippen LogP contribution in [0.4, 0.5) is 0 Å². The zero-order valence-electron chi connectivity index (χ0n) is 13.0. The van der Waals surface area contributed by atoms with Gasteiger partial charge in [0.2, 0.25) is 0 Å². The first-order chi connectivity index (χ1) is 10.2. The van der Waals surface area contributed by atoms with Gasteiger partial charge in [0, 0.05) is 5.41 Å². The molecule has 0 saturated carbocycles. The lowest BCUT2D eigenvalue weighted by molar-refractivity contribution is 0.0710. The van der Waals surface area contributed by atoms with Crippen LogP contribution in [0.5, 0.6) is 0 Å². The molecule has 3 rings (SSSR count). The molecule has 2 fully saturated rings. The molecule has 0 aliphatic carbocycles. The fourth-order valence-corrected chi connectivity index (χ4v) is 4.88. The molecule has 1 N–H and O–H groups in total. The van der Waals surface area contributed by atoms with Crippen molar-refractivity contribution in [2.75, 3.05) is 6.61 Å². The van der Waals surface area contributed by atoms with E-state index in [9.17, 15) is 13.5 Å². The van der Waals surface area contributed by atoms with Gasteiger partial charge < -0.3 is 9.84 Å². The molecule has 2 saturated heterocycles. The molecule has 0 radical (unpaired) electrons. The van der Waals surface area contributed by atoms with Gasteiger partial charge in [-0.2, -0.15) is 0 Å². The van der Waals surface area contributed by atoms with E-state index in [2.05, 4.69) is 6.58 Å². The Bertz CT molecular complexity index is 708. The number of aliphatic hydroxyl groups is 1. The SMILES string of the molecule is C=C1[C@@H]2O[C@@H]2[C@@H](C(C)(C)CO)N1S(=O)(=O)c1ccc(C)cc1. The third-order valence-corrected chi connectivity index (χ3v) is 6.33. The second-order valence-electron chi connectivity index (χ2n) is 6.72.